The van der Waals surface area contributed by atoms with Crippen molar-refractivity contribution in [3.05, 3.63) is 50.7 Å². The molecule has 1 fully saturated rings. The van der Waals surface area contributed by atoms with Crippen LogP contribution >= 0.6 is 0 Å². The van der Waals surface area contributed by atoms with Gasteiger partial charge in [-0.05, 0) is 44.9 Å². The molecule has 39 heavy (non-hydrogen) atoms. The Morgan fingerprint density at radius 2 is 2.10 bits per heavy atom. The second kappa shape index (κ2) is 10.4. The van der Waals surface area contributed by atoms with Crippen LogP contribution in [0.25, 0.3) is 22.2 Å². The maximum absolute atomic E-state index is 13.8. The number of aromatic nitrogens is 6. The van der Waals surface area contributed by atoms with Crippen LogP contribution in [0.2, 0.25) is 0 Å². The summed E-state index contributed by atoms with van der Waals surface area (Å²) in [5, 5.41) is 2.97. The second-order valence-corrected chi connectivity index (χ2v) is 9.76. The van der Waals surface area contributed by atoms with Crippen LogP contribution < -0.4 is 27.2 Å². The maximum atomic E-state index is 13.8. The molecule has 12 nitrogen and oxygen atoms in total. The van der Waals surface area contributed by atoms with E-state index in [-0.39, 0.29) is 36.2 Å². The SMILES string of the molecule is CC#CCn1c(N2CCC[C@@H](NC(=O)[C@H](C)N)C2)nc2c1c(=O)n(Cc1nc3ccc(F)cc3[nH]1)c(=O)n2C. The number of aromatic amines is 1. The standard InChI is InChI=1S/C26H30FN9O3/c1-4-5-11-35-21-22(32-25(35)34-10-6-7-17(13-34)29-23(37)15(2)28)33(3)26(39)36(24(21)38)14-20-30-18-9-8-16(27)12-19(18)31-20/h8-9,12,15,17H,6-7,10-11,13-14,28H2,1-3H3,(H,29,37)(H,30,31)/t15-,17+/m0/s1. The van der Waals surface area contributed by atoms with Crippen LogP contribution in [-0.2, 0) is 24.9 Å². The van der Waals surface area contributed by atoms with Gasteiger partial charge in [0, 0.05) is 26.2 Å². The number of benzene rings is 1. The van der Waals surface area contributed by atoms with Crippen molar-refractivity contribution in [2.45, 2.75) is 51.9 Å². The van der Waals surface area contributed by atoms with E-state index in [4.69, 9.17) is 10.7 Å². The highest BCUT2D eigenvalue weighted by Gasteiger charge is 2.28. The van der Waals surface area contributed by atoms with Gasteiger partial charge in [-0.25, -0.2) is 14.2 Å². The second-order valence-electron chi connectivity index (χ2n) is 9.76. The number of rotatable bonds is 6. The van der Waals surface area contributed by atoms with Gasteiger partial charge in [0.1, 0.15) is 11.6 Å². The molecule has 1 aliphatic heterocycles. The van der Waals surface area contributed by atoms with Gasteiger partial charge in [-0.1, -0.05) is 5.92 Å². The number of halogens is 1. The van der Waals surface area contributed by atoms with E-state index in [9.17, 15) is 18.8 Å². The number of imidazole rings is 2. The van der Waals surface area contributed by atoms with Crippen molar-refractivity contribution in [1.29, 1.82) is 0 Å². The molecule has 1 saturated heterocycles. The lowest BCUT2D eigenvalue weighted by molar-refractivity contribution is -0.122. The molecular weight excluding hydrogens is 505 g/mol. The molecule has 3 aromatic heterocycles. The fraction of sp³-hybridized carbons (Fsp3) is 0.423. The number of carbonyl (C=O) groups is 1. The van der Waals surface area contributed by atoms with E-state index in [2.05, 4.69) is 27.1 Å². The van der Waals surface area contributed by atoms with Crippen molar-refractivity contribution in [1.82, 2.24) is 34.0 Å². The molecule has 2 atom stereocenters. The molecule has 0 spiro atoms. The van der Waals surface area contributed by atoms with Crippen molar-refractivity contribution in [2.75, 3.05) is 18.0 Å². The Balaban J connectivity index is 1.59. The first-order chi connectivity index (χ1) is 18.7. The topological polar surface area (TPSA) is 149 Å². The third kappa shape index (κ3) is 4.90. The summed E-state index contributed by atoms with van der Waals surface area (Å²) in [4.78, 5) is 53.4. The van der Waals surface area contributed by atoms with Gasteiger partial charge in [0.15, 0.2) is 11.2 Å². The summed E-state index contributed by atoms with van der Waals surface area (Å²) in [6, 6.07) is 3.38. The van der Waals surface area contributed by atoms with Crippen LogP contribution in [-0.4, -0.2) is 59.7 Å². The van der Waals surface area contributed by atoms with E-state index in [0.717, 1.165) is 17.4 Å². The van der Waals surface area contributed by atoms with Gasteiger partial charge in [0.05, 0.1) is 30.2 Å². The molecule has 5 rings (SSSR count). The highest BCUT2D eigenvalue weighted by atomic mass is 19.1. The van der Waals surface area contributed by atoms with Crippen LogP contribution in [0.4, 0.5) is 10.3 Å². The average Bonchev–Trinajstić information content (AvgIpc) is 3.49. The molecule has 4 aromatic rings. The third-order valence-electron chi connectivity index (χ3n) is 6.89. The molecule has 0 aliphatic carbocycles. The van der Waals surface area contributed by atoms with Crippen molar-refractivity contribution in [3.8, 4) is 11.8 Å². The molecule has 1 aromatic carbocycles. The highest BCUT2D eigenvalue weighted by Crippen LogP contribution is 2.23. The largest absolute Gasteiger partial charge is 0.350 e. The number of nitrogens with one attached hydrogen (secondary N) is 2. The van der Waals surface area contributed by atoms with E-state index < -0.39 is 23.1 Å². The number of anilines is 1. The molecule has 1 aliphatic rings. The fourth-order valence-electron chi connectivity index (χ4n) is 4.92. The molecule has 0 radical (unpaired) electrons. The first-order valence-electron chi connectivity index (χ1n) is 12.7. The molecule has 0 bridgehead atoms. The Hall–Kier alpha value is -4.44. The summed E-state index contributed by atoms with van der Waals surface area (Å²) >= 11 is 0. The molecule has 0 saturated carbocycles. The highest BCUT2D eigenvalue weighted by molar-refractivity contribution is 5.81. The zero-order valence-corrected chi connectivity index (χ0v) is 22.0. The van der Waals surface area contributed by atoms with Gasteiger partial charge < -0.3 is 20.9 Å². The van der Waals surface area contributed by atoms with Crippen LogP contribution in [0.3, 0.4) is 0 Å². The van der Waals surface area contributed by atoms with Gasteiger partial charge >= 0.3 is 5.69 Å². The number of aryl methyl sites for hydroxylation is 1. The zero-order chi connectivity index (χ0) is 27.8. The molecule has 1 amide bonds. The Morgan fingerprint density at radius 3 is 2.85 bits per heavy atom. The minimum Gasteiger partial charge on any atom is -0.350 e. The van der Waals surface area contributed by atoms with Crippen LogP contribution in [0, 0.1) is 17.7 Å². The van der Waals surface area contributed by atoms with Gasteiger partial charge in [-0.3, -0.25) is 23.3 Å². The summed E-state index contributed by atoms with van der Waals surface area (Å²) in [5.74, 6) is 6.05. The zero-order valence-electron chi connectivity index (χ0n) is 22.0. The molecule has 4 heterocycles. The minimum absolute atomic E-state index is 0.132. The molecule has 204 valence electrons. The van der Waals surface area contributed by atoms with Gasteiger partial charge in [0.25, 0.3) is 5.56 Å². The molecule has 0 unspecified atom stereocenters. The summed E-state index contributed by atoms with van der Waals surface area (Å²) in [5.41, 5.74) is 6.10. The number of nitrogens with two attached hydrogens (primary N) is 1. The fourth-order valence-corrected chi connectivity index (χ4v) is 4.92. The number of carbonyl (C=O) groups excluding carboxylic acids is 1. The first kappa shape index (κ1) is 26.2. The van der Waals surface area contributed by atoms with Gasteiger partial charge in [-0.2, -0.15) is 4.98 Å². The molecular formula is C26H30FN9O3. The summed E-state index contributed by atoms with van der Waals surface area (Å²) in [7, 11) is 1.56. The maximum Gasteiger partial charge on any atom is 0.332 e. The van der Waals surface area contributed by atoms with Gasteiger partial charge in [-0.15, -0.1) is 5.92 Å². The van der Waals surface area contributed by atoms with E-state index in [1.54, 1.807) is 25.5 Å². The van der Waals surface area contributed by atoms with E-state index >= 15 is 0 Å². The Morgan fingerprint density at radius 1 is 1.31 bits per heavy atom. The Bertz CT molecular complexity index is 1750. The predicted molar refractivity (Wildman–Crippen MR) is 145 cm³/mol. The molecule has 4 N–H and O–H groups in total. The van der Waals surface area contributed by atoms with Crippen molar-refractivity contribution in [2.24, 2.45) is 12.8 Å². The van der Waals surface area contributed by atoms with Crippen LogP contribution in [0.5, 0.6) is 0 Å². The summed E-state index contributed by atoms with van der Waals surface area (Å²) in [6.07, 6.45) is 1.58. The average molecular weight is 536 g/mol. The Labute approximate surface area is 222 Å². The number of H-pyrrole nitrogens is 1. The molecule has 13 heteroatoms. The summed E-state index contributed by atoms with van der Waals surface area (Å²) < 4.78 is 17.8. The third-order valence-corrected chi connectivity index (χ3v) is 6.89. The number of fused-ring (bicyclic) bond motifs is 2. The lowest BCUT2D eigenvalue weighted by Gasteiger charge is -2.34. The number of amides is 1. The van der Waals surface area contributed by atoms with Crippen molar-refractivity contribution < 1.29 is 9.18 Å². The van der Waals surface area contributed by atoms with E-state index in [1.807, 2.05) is 4.90 Å². The van der Waals surface area contributed by atoms with Crippen LogP contribution in [0.15, 0.2) is 27.8 Å². The lowest BCUT2D eigenvalue weighted by Crippen LogP contribution is -2.51. The van der Waals surface area contributed by atoms with Crippen LogP contribution in [0.1, 0.15) is 32.5 Å². The lowest BCUT2D eigenvalue weighted by atomic mass is 10.1. The first-order valence-corrected chi connectivity index (χ1v) is 12.7. The number of hydrogen-bond acceptors (Lipinski definition) is 7. The summed E-state index contributed by atoms with van der Waals surface area (Å²) in [6.45, 7) is 4.52. The number of piperidine rings is 1. The van der Waals surface area contributed by atoms with E-state index in [1.165, 1.54) is 22.8 Å². The predicted octanol–water partition coefficient (Wildman–Crippen LogP) is 0.416. The van der Waals surface area contributed by atoms with E-state index in [0.29, 0.717) is 35.9 Å². The quantitative estimate of drug-likeness (QED) is 0.303. The minimum atomic E-state index is -0.622. The monoisotopic (exact) mass is 535 g/mol. The Kier molecular flexibility index (Phi) is 6.96. The number of hydrogen-bond donors (Lipinski definition) is 3. The normalized spacial score (nSPS) is 16.3. The van der Waals surface area contributed by atoms with Gasteiger partial charge in [0.2, 0.25) is 11.9 Å². The van der Waals surface area contributed by atoms with Crippen molar-refractivity contribution in [3.63, 3.8) is 0 Å². The van der Waals surface area contributed by atoms with Crippen molar-refractivity contribution >= 4 is 34.1 Å². The number of nitrogens with zero attached hydrogens (tertiary/aromatic N) is 6. The smallest absolute Gasteiger partial charge is 0.332 e.